The molecule has 0 heterocycles. The molecule has 0 radical (unpaired) electrons. The standard InChI is InChI=1S/C23H21ClN2O3/c1-14-8-9-15(2)20(12-14)26-22(27)21(16-6-4-3-5-7-16)29-23(28)18-11-10-17(24)13-19(18)25/h3-13,21H,25H2,1-2H3,(H,26,27)/t21-/m0/s1. The minimum absolute atomic E-state index is 0.148. The lowest BCUT2D eigenvalue weighted by molar-refractivity contribution is -0.125. The summed E-state index contributed by atoms with van der Waals surface area (Å²) in [5.41, 5.74) is 9.35. The minimum atomic E-state index is -1.14. The van der Waals surface area contributed by atoms with Gasteiger partial charge in [-0.1, -0.05) is 54.1 Å². The van der Waals surface area contributed by atoms with Gasteiger partial charge in [0.2, 0.25) is 6.10 Å². The zero-order chi connectivity index (χ0) is 21.0. The molecule has 0 saturated heterocycles. The third-order valence-corrected chi connectivity index (χ3v) is 4.68. The fourth-order valence-corrected chi connectivity index (χ4v) is 3.04. The maximum atomic E-state index is 13.0. The number of halogens is 1. The summed E-state index contributed by atoms with van der Waals surface area (Å²) in [5.74, 6) is -1.16. The number of nitrogens with two attached hydrogens (primary N) is 1. The Kier molecular flexibility index (Phi) is 6.20. The van der Waals surface area contributed by atoms with Crippen molar-refractivity contribution in [1.29, 1.82) is 0 Å². The number of benzene rings is 3. The number of ether oxygens (including phenoxy) is 1. The molecule has 148 valence electrons. The van der Waals surface area contributed by atoms with Crippen LogP contribution in [0.25, 0.3) is 0 Å². The van der Waals surface area contributed by atoms with Crippen LogP contribution in [0, 0.1) is 13.8 Å². The van der Waals surface area contributed by atoms with Crippen molar-refractivity contribution >= 4 is 34.9 Å². The molecule has 0 saturated carbocycles. The van der Waals surface area contributed by atoms with Crippen LogP contribution in [0.3, 0.4) is 0 Å². The number of nitrogens with one attached hydrogen (secondary N) is 1. The normalized spacial score (nSPS) is 11.6. The summed E-state index contributed by atoms with van der Waals surface area (Å²) in [4.78, 5) is 25.8. The zero-order valence-corrected chi connectivity index (χ0v) is 16.9. The van der Waals surface area contributed by atoms with Crippen molar-refractivity contribution in [3.8, 4) is 0 Å². The molecule has 3 N–H and O–H groups in total. The number of amides is 1. The van der Waals surface area contributed by atoms with Gasteiger partial charge in [0.25, 0.3) is 5.91 Å². The molecule has 3 aromatic carbocycles. The molecule has 3 aromatic rings. The van der Waals surface area contributed by atoms with E-state index in [1.807, 2.05) is 38.1 Å². The zero-order valence-electron chi connectivity index (χ0n) is 16.1. The van der Waals surface area contributed by atoms with Crippen LogP contribution >= 0.6 is 11.6 Å². The number of hydrogen-bond acceptors (Lipinski definition) is 4. The summed E-state index contributed by atoms with van der Waals surface area (Å²) < 4.78 is 5.57. The van der Waals surface area contributed by atoms with E-state index in [1.54, 1.807) is 30.3 Å². The molecule has 0 aromatic heterocycles. The maximum absolute atomic E-state index is 13.0. The Bertz CT molecular complexity index is 1050. The van der Waals surface area contributed by atoms with Crippen LogP contribution in [0.5, 0.6) is 0 Å². The summed E-state index contributed by atoms with van der Waals surface area (Å²) in [6.45, 7) is 3.83. The highest BCUT2D eigenvalue weighted by Crippen LogP contribution is 2.26. The molecule has 3 rings (SSSR count). The van der Waals surface area contributed by atoms with Gasteiger partial charge in [0, 0.05) is 22.0 Å². The van der Waals surface area contributed by atoms with Crippen molar-refractivity contribution < 1.29 is 14.3 Å². The SMILES string of the molecule is Cc1ccc(C)c(NC(=O)[C@@H](OC(=O)c2ccc(Cl)cc2N)c2ccccc2)c1. The quantitative estimate of drug-likeness (QED) is 0.456. The smallest absolute Gasteiger partial charge is 0.341 e. The lowest BCUT2D eigenvalue weighted by Crippen LogP contribution is -2.26. The van der Waals surface area contributed by atoms with Crippen LogP contribution in [0.2, 0.25) is 5.02 Å². The van der Waals surface area contributed by atoms with Gasteiger partial charge >= 0.3 is 5.97 Å². The number of hydrogen-bond donors (Lipinski definition) is 2. The van der Waals surface area contributed by atoms with Gasteiger partial charge in [-0.3, -0.25) is 4.79 Å². The Hall–Kier alpha value is -3.31. The number of anilines is 2. The molecule has 29 heavy (non-hydrogen) atoms. The first-order chi connectivity index (χ1) is 13.8. The second-order valence-electron chi connectivity index (χ2n) is 6.74. The van der Waals surface area contributed by atoms with E-state index in [0.717, 1.165) is 11.1 Å². The lowest BCUT2D eigenvalue weighted by atomic mass is 10.1. The molecule has 1 atom stereocenters. The second-order valence-corrected chi connectivity index (χ2v) is 7.17. The van der Waals surface area contributed by atoms with Crippen molar-refractivity contribution in [3.05, 3.63) is 94.0 Å². The summed E-state index contributed by atoms with van der Waals surface area (Å²) in [6.07, 6.45) is -1.14. The van der Waals surface area contributed by atoms with Crippen molar-refractivity contribution in [2.75, 3.05) is 11.1 Å². The van der Waals surface area contributed by atoms with E-state index in [-0.39, 0.29) is 11.3 Å². The Balaban J connectivity index is 1.89. The van der Waals surface area contributed by atoms with E-state index in [1.165, 1.54) is 12.1 Å². The first kappa shape index (κ1) is 20.4. The summed E-state index contributed by atoms with van der Waals surface area (Å²) in [7, 11) is 0. The van der Waals surface area contributed by atoms with Gasteiger partial charge in [0.05, 0.1) is 5.56 Å². The van der Waals surface area contributed by atoms with Gasteiger partial charge in [0.1, 0.15) is 0 Å². The van der Waals surface area contributed by atoms with Crippen LogP contribution in [-0.4, -0.2) is 11.9 Å². The molecular weight excluding hydrogens is 388 g/mol. The molecule has 1 amide bonds. The average molecular weight is 409 g/mol. The number of esters is 1. The lowest BCUT2D eigenvalue weighted by Gasteiger charge is -2.19. The highest BCUT2D eigenvalue weighted by atomic mass is 35.5. The number of aryl methyl sites for hydroxylation is 2. The maximum Gasteiger partial charge on any atom is 0.341 e. The summed E-state index contributed by atoms with van der Waals surface area (Å²) in [5, 5.41) is 3.27. The van der Waals surface area contributed by atoms with Crippen molar-refractivity contribution in [3.63, 3.8) is 0 Å². The van der Waals surface area contributed by atoms with Crippen LogP contribution in [0.4, 0.5) is 11.4 Å². The molecule has 0 aliphatic rings. The van der Waals surface area contributed by atoms with Crippen molar-refractivity contribution in [2.24, 2.45) is 0 Å². The first-order valence-corrected chi connectivity index (χ1v) is 9.42. The molecule has 6 heteroatoms. The Labute approximate surface area is 174 Å². The summed E-state index contributed by atoms with van der Waals surface area (Å²) in [6, 6.07) is 19.1. The van der Waals surface area contributed by atoms with E-state index in [0.29, 0.717) is 16.3 Å². The molecular formula is C23H21ClN2O3. The van der Waals surface area contributed by atoms with E-state index in [2.05, 4.69) is 5.32 Å². The third kappa shape index (κ3) is 4.95. The van der Waals surface area contributed by atoms with Gasteiger partial charge in [-0.05, 0) is 49.2 Å². The van der Waals surface area contributed by atoms with Crippen molar-refractivity contribution in [2.45, 2.75) is 20.0 Å². The fraction of sp³-hybridized carbons (Fsp3) is 0.130. The Morgan fingerprint density at radius 3 is 2.41 bits per heavy atom. The molecule has 0 unspecified atom stereocenters. The van der Waals surface area contributed by atoms with Crippen LogP contribution < -0.4 is 11.1 Å². The number of rotatable bonds is 5. The monoisotopic (exact) mass is 408 g/mol. The average Bonchev–Trinajstić information content (AvgIpc) is 2.69. The van der Waals surface area contributed by atoms with Gasteiger partial charge in [-0.25, -0.2) is 4.79 Å². The molecule has 0 aliphatic carbocycles. The van der Waals surface area contributed by atoms with E-state index in [4.69, 9.17) is 22.1 Å². The highest BCUT2D eigenvalue weighted by molar-refractivity contribution is 6.31. The van der Waals surface area contributed by atoms with E-state index >= 15 is 0 Å². The van der Waals surface area contributed by atoms with Crippen LogP contribution in [-0.2, 0) is 9.53 Å². The predicted octanol–water partition coefficient (Wildman–Crippen LogP) is 5.08. The summed E-state index contributed by atoms with van der Waals surface area (Å²) >= 11 is 5.90. The first-order valence-electron chi connectivity index (χ1n) is 9.04. The largest absolute Gasteiger partial charge is 0.444 e. The van der Waals surface area contributed by atoms with Gasteiger partial charge in [-0.15, -0.1) is 0 Å². The van der Waals surface area contributed by atoms with Crippen LogP contribution in [0.1, 0.15) is 33.2 Å². The van der Waals surface area contributed by atoms with E-state index in [9.17, 15) is 9.59 Å². The fourth-order valence-electron chi connectivity index (χ4n) is 2.86. The molecule has 0 bridgehead atoms. The molecule has 0 fully saturated rings. The minimum Gasteiger partial charge on any atom is -0.444 e. The van der Waals surface area contributed by atoms with Crippen LogP contribution in [0.15, 0.2) is 66.7 Å². The highest BCUT2D eigenvalue weighted by Gasteiger charge is 2.27. The topological polar surface area (TPSA) is 81.4 Å². The van der Waals surface area contributed by atoms with Gasteiger partial charge in [-0.2, -0.15) is 0 Å². The number of carbonyl (C=O) groups excluding carboxylic acids is 2. The van der Waals surface area contributed by atoms with E-state index < -0.39 is 18.0 Å². The van der Waals surface area contributed by atoms with Crippen molar-refractivity contribution in [1.82, 2.24) is 0 Å². The Morgan fingerprint density at radius 1 is 1.00 bits per heavy atom. The predicted molar refractivity (Wildman–Crippen MR) is 115 cm³/mol. The molecule has 0 aliphatic heterocycles. The number of nitrogen functional groups attached to an aromatic ring is 1. The Morgan fingerprint density at radius 2 is 1.72 bits per heavy atom. The third-order valence-electron chi connectivity index (χ3n) is 4.45. The number of carbonyl (C=O) groups is 2. The molecule has 5 nitrogen and oxygen atoms in total. The molecule has 0 spiro atoms. The van der Waals surface area contributed by atoms with Gasteiger partial charge in [0.15, 0.2) is 0 Å². The van der Waals surface area contributed by atoms with Gasteiger partial charge < -0.3 is 15.8 Å². The second kappa shape index (κ2) is 8.80.